The highest BCUT2D eigenvalue weighted by Crippen LogP contribution is 2.30. The van der Waals surface area contributed by atoms with Crippen LogP contribution in [0.4, 0.5) is 0 Å². The minimum absolute atomic E-state index is 0.129. The Bertz CT molecular complexity index is 783. The Balaban J connectivity index is 1.81. The van der Waals surface area contributed by atoms with Crippen LogP contribution >= 0.6 is 0 Å². The van der Waals surface area contributed by atoms with Crippen LogP contribution in [0.5, 0.6) is 5.75 Å². The molecule has 0 bridgehead atoms. The first-order valence-corrected chi connectivity index (χ1v) is 8.66. The molecule has 128 valence electrons. The maximum Gasteiger partial charge on any atom is 0.115 e. The van der Waals surface area contributed by atoms with E-state index in [9.17, 15) is 5.11 Å². The summed E-state index contributed by atoms with van der Waals surface area (Å²) in [6.45, 7) is 6.78. The van der Waals surface area contributed by atoms with Gasteiger partial charge in [0.1, 0.15) is 5.75 Å². The molecule has 1 heterocycles. The van der Waals surface area contributed by atoms with Gasteiger partial charge in [0.25, 0.3) is 0 Å². The van der Waals surface area contributed by atoms with Gasteiger partial charge in [0.15, 0.2) is 0 Å². The average molecular weight is 332 g/mol. The predicted octanol–water partition coefficient (Wildman–Crippen LogP) is 5.61. The summed E-state index contributed by atoms with van der Waals surface area (Å²) in [5.41, 5.74) is 5.89. The van der Waals surface area contributed by atoms with Gasteiger partial charge >= 0.3 is 0 Å². The summed E-state index contributed by atoms with van der Waals surface area (Å²) in [5.74, 6) is 0.286. The summed E-state index contributed by atoms with van der Waals surface area (Å²) in [6.07, 6.45) is 6.30. The van der Waals surface area contributed by atoms with Crippen LogP contribution in [0.1, 0.15) is 30.9 Å². The number of benzene rings is 2. The number of hydrogen-bond donors (Lipinski definition) is 1. The molecule has 0 radical (unpaired) electrons. The number of aromatic hydroxyl groups is 1. The van der Waals surface area contributed by atoms with Crippen molar-refractivity contribution in [3.05, 3.63) is 89.5 Å². The van der Waals surface area contributed by atoms with Crippen molar-refractivity contribution in [1.82, 2.24) is 0 Å². The Hall–Kier alpha value is -2.58. The van der Waals surface area contributed by atoms with Crippen LogP contribution in [-0.2, 0) is 4.74 Å². The SMILES string of the molecule is C=C(C)C1=CCOC1CC/C(=C/c1ccc(O)cc1)c1ccccc1. The zero-order valence-corrected chi connectivity index (χ0v) is 14.6. The fourth-order valence-corrected chi connectivity index (χ4v) is 3.17. The summed E-state index contributed by atoms with van der Waals surface area (Å²) in [6, 6.07) is 17.7. The lowest BCUT2D eigenvalue weighted by Gasteiger charge is -2.16. The fourth-order valence-electron chi connectivity index (χ4n) is 3.17. The molecule has 1 N–H and O–H groups in total. The molecule has 1 atom stereocenters. The van der Waals surface area contributed by atoms with Gasteiger partial charge in [0, 0.05) is 0 Å². The van der Waals surface area contributed by atoms with Crippen LogP contribution in [0.3, 0.4) is 0 Å². The summed E-state index contributed by atoms with van der Waals surface area (Å²) < 4.78 is 5.87. The minimum Gasteiger partial charge on any atom is -0.508 e. The summed E-state index contributed by atoms with van der Waals surface area (Å²) in [7, 11) is 0. The lowest BCUT2D eigenvalue weighted by molar-refractivity contribution is 0.117. The van der Waals surface area contributed by atoms with Crippen molar-refractivity contribution in [2.24, 2.45) is 0 Å². The van der Waals surface area contributed by atoms with Crippen molar-refractivity contribution in [3.63, 3.8) is 0 Å². The molecule has 0 saturated carbocycles. The topological polar surface area (TPSA) is 29.5 Å². The molecule has 2 heteroatoms. The van der Waals surface area contributed by atoms with Gasteiger partial charge in [-0.05, 0) is 54.2 Å². The molecule has 2 aromatic rings. The average Bonchev–Trinajstić information content (AvgIpc) is 3.10. The molecular formula is C23H24O2. The first kappa shape index (κ1) is 17.2. The van der Waals surface area contributed by atoms with Crippen molar-refractivity contribution in [2.45, 2.75) is 25.9 Å². The molecule has 0 saturated heterocycles. The van der Waals surface area contributed by atoms with Gasteiger partial charge in [0.2, 0.25) is 0 Å². The number of phenols is 1. The van der Waals surface area contributed by atoms with Crippen LogP contribution < -0.4 is 0 Å². The van der Waals surface area contributed by atoms with Gasteiger partial charge < -0.3 is 9.84 Å². The number of ether oxygens (including phenoxy) is 1. The van der Waals surface area contributed by atoms with E-state index in [1.807, 2.05) is 25.1 Å². The van der Waals surface area contributed by atoms with E-state index in [1.165, 1.54) is 16.7 Å². The van der Waals surface area contributed by atoms with Crippen LogP contribution in [0.25, 0.3) is 11.6 Å². The number of allylic oxidation sites excluding steroid dienone is 1. The first-order valence-electron chi connectivity index (χ1n) is 8.66. The normalized spacial score (nSPS) is 17.4. The van der Waals surface area contributed by atoms with Gasteiger partial charge in [-0.2, -0.15) is 0 Å². The molecule has 0 aliphatic carbocycles. The molecule has 0 aromatic heterocycles. The highest BCUT2D eigenvalue weighted by molar-refractivity contribution is 5.81. The highest BCUT2D eigenvalue weighted by Gasteiger charge is 2.20. The smallest absolute Gasteiger partial charge is 0.115 e. The largest absolute Gasteiger partial charge is 0.508 e. The molecule has 1 aliphatic heterocycles. The van der Waals surface area contributed by atoms with Crippen LogP contribution in [0.2, 0.25) is 0 Å². The van der Waals surface area contributed by atoms with Gasteiger partial charge in [0.05, 0.1) is 12.7 Å². The Morgan fingerprint density at radius 3 is 2.56 bits per heavy atom. The lowest BCUT2D eigenvalue weighted by Crippen LogP contribution is -2.11. The number of hydrogen-bond acceptors (Lipinski definition) is 2. The fraction of sp³-hybridized carbons (Fsp3) is 0.217. The van der Waals surface area contributed by atoms with Crippen molar-refractivity contribution >= 4 is 11.6 Å². The van der Waals surface area contributed by atoms with Crippen molar-refractivity contribution in [2.75, 3.05) is 6.61 Å². The molecular weight excluding hydrogens is 308 g/mol. The molecule has 25 heavy (non-hydrogen) atoms. The summed E-state index contributed by atoms with van der Waals surface area (Å²) in [5, 5.41) is 9.48. The van der Waals surface area contributed by atoms with Gasteiger partial charge in [-0.1, -0.05) is 66.8 Å². The van der Waals surface area contributed by atoms with Gasteiger partial charge in [-0.15, -0.1) is 0 Å². The van der Waals surface area contributed by atoms with E-state index in [-0.39, 0.29) is 11.9 Å². The molecule has 2 aromatic carbocycles. The van der Waals surface area contributed by atoms with E-state index in [4.69, 9.17) is 4.74 Å². The van der Waals surface area contributed by atoms with Crippen LogP contribution in [0.15, 0.2) is 78.4 Å². The minimum atomic E-state index is 0.129. The second kappa shape index (κ2) is 8.00. The molecule has 0 spiro atoms. The van der Waals surface area contributed by atoms with Crippen molar-refractivity contribution in [3.8, 4) is 5.75 Å². The molecule has 3 rings (SSSR count). The third-order valence-corrected chi connectivity index (χ3v) is 4.49. The molecule has 0 fully saturated rings. The van der Waals surface area contributed by atoms with Crippen molar-refractivity contribution in [1.29, 1.82) is 0 Å². The Morgan fingerprint density at radius 2 is 1.88 bits per heavy atom. The number of rotatable bonds is 6. The maximum atomic E-state index is 9.48. The third-order valence-electron chi connectivity index (χ3n) is 4.49. The second-order valence-corrected chi connectivity index (χ2v) is 6.43. The van der Waals surface area contributed by atoms with E-state index in [0.29, 0.717) is 6.61 Å². The second-order valence-electron chi connectivity index (χ2n) is 6.43. The highest BCUT2D eigenvalue weighted by atomic mass is 16.5. The van der Waals surface area contributed by atoms with Crippen molar-refractivity contribution < 1.29 is 9.84 Å². The third kappa shape index (κ3) is 4.49. The molecule has 1 unspecified atom stereocenters. The van der Waals surface area contributed by atoms with E-state index in [1.54, 1.807) is 12.1 Å². The quantitative estimate of drug-likeness (QED) is 0.696. The molecule has 1 aliphatic rings. The van der Waals surface area contributed by atoms with E-state index < -0.39 is 0 Å². The zero-order valence-electron chi connectivity index (χ0n) is 14.6. The maximum absolute atomic E-state index is 9.48. The Labute approximate surface area is 149 Å². The lowest BCUT2D eigenvalue weighted by atomic mass is 9.94. The van der Waals surface area contributed by atoms with Gasteiger partial charge in [-0.25, -0.2) is 0 Å². The van der Waals surface area contributed by atoms with E-state index in [2.05, 4.69) is 43.0 Å². The number of phenolic OH excluding ortho intramolecular Hbond substituents is 1. The molecule has 0 amide bonds. The summed E-state index contributed by atoms with van der Waals surface area (Å²) in [4.78, 5) is 0. The Morgan fingerprint density at radius 1 is 1.16 bits per heavy atom. The Kier molecular flexibility index (Phi) is 5.52. The van der Waals surface area contributed by atoms with Crippen LogP contribution in [-0.4, -0.2) is 17.8 Å². The predicted molar refractivity (Wildman–Crippen MR) is 104 cm³/mol. The zero-order chi connectivity index (χ0) is 17.6. The van der Waals surface area contributed by atoms with Gasteiger partial charge in [-0.3, -0.25) is 0 Å². The molecule has 2 nitrogen and oxygen atoms in total. The standard InChI is InChI=1S/C23H24O2/c1-17(2)22-14-15-25-23(22)13-10-20(19-6-4-3-5-7-19)16-18-8-11-21(24)12-9-18/h3-9,11-12,14,16,23-24H,1,10,13,15H2,2H3/b20-16-. The summed E-state index contributed by atoms with van der Waals surface area (Å²) >= 11 is 0. The van der Waals surface area contributed by atoms with E-state index in [0.717, 1.165) is 24.0 Å². The monoisotopic (exact) mass is 332 g/mol. The first-order chi connectivity index (χ1) is 12.1. The van der Waals surface area contributed by atoms with Crippen LogP contribution in [0, 0.1) is 0 Å². The van der Waals surface area contributed by atoms with E-state index >= 15 is 0 Å².